The lowest BCUT2D eigenvalue weighted by Gasteiger charge is -2.21. The third-order valence-electron chi connectivity index (χ3n) is 2.39. The molecule has 3 heteroatoms. The van der Waals surface area contributed by atoms with E-state index in [0.29, 0.717) is 0 Å². The van der Waals surface area contributed by atoms with Crippen LogP contribution in [0.2, 0.25) is 0 Å². The van der Waals surface area contributed by atoms with Gasteiger partial charge in [0, 0.05) is 25.6 Å². The monoisotopic (exact) mass is 191 g/mol. The molecule has 0 bridgehead atoms. The summed E-state index contributed by atoms with van der Waals surface area (Å²) in [6.45, 7) is 7.34. The summed E-state index contributed by atoms with van der Waals surface area (Å²) in [7, 11) is 0. The fraction of sp³-hybridized carbons (Fsp3) is 1.00. The lowest BCUT2D eigenvalue weighted by molar-refractivity contribution is 0.171. The van der Waals surface area contributed by atoms with E-state index in [-0.39, 0.29) is 0 Å². The maximum Gasteiger partial charge on any atom is 0.0507 e. The van der Waals surface area contributed by atoms with Gasteiger partial charge in [0.05, 0.1) is 6.61 Å². The van der Waals surface area contributed by atoms with Crippen LogP contribution in [0.4, 0.5) is 0 Å². The number of hydrogen-bond acceptors (Lipinski definition) is 2. The second kappa shape index (κ2) is 5.79. The Balaban J connectivity index is 2.16. The van der Waals surface area contributed by atoms with Crippen LogP contribution in [-0.2, 0) is 4.74 Å². The fourth-order valence-corrected chi connectivity index (χ4v) is 1.83. The largest absolute Gasteiger partial charge is 0.381 e. The number of halogens is 1. The lowest BCUT2D eigenvalue weighted by atomic mass is 10.1. The molecular weight excluding hydrogens is 174 g/mol. The van der Waals surface area contributed by atoms with E-state index in [0.717, 1.165) is 44.6 Å². The van der Waals surface area contributed by atoms with E-state index in [1.807, 2.05) is 0 Å². The number of rotatable bonds is 5. The van der Waals surface area contributed by atoms with Crippen LogP contribution in [0.25, 0.3) is 0 Å². The van der Waals surface area contributed by atoms with E-state index >= 15 is 0 Å². The minimum Gasteiger partial charge on any atom is -0.381 e. The van der Waals surface area contributed by atoms with Crippen molar-refractivity contribution in [2.45, 2.75) is 13.3 Å². The molecular formula is C9H18ClNO. The molecule has 1 atom stereocenters. The zero-order valence-electron chi connectivity index (χ0n) is 7.76. The molecule has 1 saturated heterocycles. The normalized spacial score (nSPS) is 23.8. The summed E-state index contributed by atoms with van der Waals surface area (Å²) in [6.07, 6.45) is 1.22. The predicted octanol–water partition coefficient (Wildman–Crippen LogP) is 1.58. The first-order valence-electron chi connectivity index (χ1n) is 4.73. The molecule has 72 valence electrons. The fourth-order valence-electron chi connectivity index (χ4n) is 1.59. The maximum atomic E-state index is 5.69. The van der Waals surface area contributed by atoms with Crippen molar-refractivity contribution < 1.29 is 4.74 Å². The van der Waals surface area contributed by atoms with Crippen LogP contribution in [0.5, 0.6) is 0 Å². The van der Waals surface area contributed by atoms with Gasteiger partial charge in [0.1, 0.15) is 0 Å². The standard InChI is InChI=1S/C9H18ClNO/c1-2-11(5-4-10)7-9-3-6-12-8-9/h9H,2-8H2,1H3. The summed E-state index contributed by atoms with van der Waals surface area (Å²) in [4.78, 5) is 2.40. The highest BCUT2D eigenvalue weighted by Gasteiger charge is 2.17. The second-order valence-electron chi connectivity index (χ2n) is 3.31. The quantitative estimate of drug-likeness (QED) is 0.612. The second-order valence-corrected chi connectivity index (χ2v) is 3.69. The first kappa shape index (κ1) is 10.3. The van der Waals surface area contributed by atoms with Gasteiger partial charge in [-0.1, -0.05) is 6.92 Å². The van der Waals surface area contributed by atoms with Crippen LogP contribution in [0, 0.1) is 5.92 Å². The molecule has 1 heterocycles. The predicted molar refractivity (Wildman–Crippen MR) is 51.8 cm³/mol. The Morgan fingerprint density at radius 2 is 2.42 bits per heavy atom. The zero-order valence-corrected chi connectivity index (χ0v) is 8.52. The SMILES string of the molecule is CCN(CCCl)CC1CCOC1. The van der Waals surface area contributed by atoms with Gasteiger partial charge in [-0.15, -0.1) is 11.6 Å². The van der Waals surface area contributed by atoms with Gasteiger partial charge in [0.15, 0.2) is 0 Å². The van der Waals surface area contributed by atoms with E-state index in [4.69, 9.17) is 16.3 Å². The third kappa shape index (κ3) is 3.30. The van der Waals surface area contributed by atoms with Crippen LogP contribution in [0.1, 0.15) is 13.3 Å². The molecule has 0 radical (unpaired) electrons. The molecule has 0 spiro atoms. The molecule has 1 unspecified atom stereocenters. The summed E-state index contributed by atoms with van der Waals surface area (Å²) in [5.41, 5.74) is 0. The summed E-state index contributed by atoms with van der Waals surface area (Å²) >= 11 is 5.69. The van der Waals surface area contributed by atoms with E-state index in [2.05, 4.69) is 11.8 Å². The topological polar surface area (TPSA) is 12.5 Å². The molecule has 1 aliphatic heterocycles. The number of alkyl halides is 1. The molecule has 0 aliphatic carbocycles. The lowest BCUT2D eigenvalue weighted by Crippen LogP contribution is -2.31. The average Bonchev–Trinajstić information content (AvgIpc) is 2.56. The van der Waals surface area contributed by atoms with Crippen molar-refractivity contribution >= 4 is 11.6 Å². The van der Waals surface area contributed by atoms with Gasteiger partial charge in [-0.05, 0) is 18.9 Å². The average molecular weight is 192 g/mol. The molecule has 0 saturated carbocycles. The molecule has 1 fully saturated rings. The van der Waals surface area contributed by atoms with Crippen LogP contribution in [0.15, 0.2) is 0 Å². The van der Waals surface area contributed by atoms with Crippen molar-refractivity contribution in [2.24, 2.45) is 5.92 Å². The first-order chi connectivity index (χ1) is 5.86. The van der Waals surface area contributed by atoms with Crippen molar-refractivity contribution in [3.63, 3.8) is 0 Å². The molecule has 0 aromatic carbocycles. The Morgan fingerprint density at radius 1 is 1.58 bits per heavy atom. The summed E-state index contributed by atoms with van der Waals surface area (Å²) in [5, 5.41) is 0. The van der Waals surface area contributed by atoms with Gasteiger partial charge in [-0.3, -0.25) is 0 Å². The van der Waals surface area contributed by atoms with Crippen molar-refractivity contribution in [1.29, 1.82) is 0 Å². The van der Waals surface area contributed by atoms with Gasteiger partial charge < -0.3 is 9.64 Å². The minimum atomic E-state index is 0.738. The highest BCUT2D eigenvalue weighted by molar-refractivity contribution is 6.18. The Bertz CT molecular complexity index is 115. The molecule has 0 aromatic rings. The van der Waals surface area contributed by atoms with Crippen molar-refractivity contribution in [3.05, 3.63) is 0 Å². The van der Waals surface area contributed by atoms with E-state index in [1.54, 1.807) is 0 Å². The van der Waals surface area contributed by atoms with Gasteiger partial charge in [-0.2, -0.15) is 0 Å². The van der Waals surface area contributed by atoms with Crippen LogP contribution in [0.3, 0.4) is 0 Å². The smallest absolute Gasteiger partial charge is 0.0507 e. The number of nitrogens with zero attached hydrogens (tertiary/aromatic N) is 1. The van der Waals surface area contributed by atoms with E-state index < -0.39 is 0 Å². The zero-order chi connectivity index (χ0) is 8.81. The van der Waals surface area contributed by atoms with E-state index in [9.17, 15) is 0 Å². The van der Waals surface area contributed by atoms with Gasteiger partial charge >= 0.3 is 0 Å². The van der Waals surface area contributed by atoms with Crippen LogP contribution in [-0.4, -0.2) is 43.6 Å². The molecule has 1 aliphatic rings. The van der Waals surface area contributed by atoms with Crippen LogP contribution >= 0.6 is 11.6 Å². The molecule has 0 N–H and O–H groups in total. The van der Waals surface area contributed by atoms with Crippen molar-refractivity contribution in [1.82, 2.24) is 4.90 Å². The maximum absolute atomic E-state index is 5.69. The van der Waals surface area contributed by atoms with Gasteiger partial charge in [0.25, 0.3) is 0 Å². The highest BCUT2D eigenvalue weighted by Crippen LogP contribution is 2.13. The summed E-state index contributed by atoms with van der Waals surface area (Å²) < 4.78 is 5.32. The molecule has 12 heavy (non-hydrogen) atoms. The van der Waals surface area contributed by atoms with Gasteiger partial charge in [0.2, 0.25) is 0 Å². The molecule has 1 rings (SSSR count). The molecule has 0 amide bonds. The summed E-state index contributed by atoms with van der Waals surface area (Å²) in [6, 6.07) is 0. The van der Waals surface area contributed by atoms with Gasteiger partial charge in [-0.25, -0.2) is 0 Å². The summed E-state index contributed by atoms with van der Waals surface area (Å²) in [5.74, 6) is 1.48. The molecule has 2 nitrogen and oxygen atoms in total. The Labute approximate surface area is 79.8 Å². The van der Waals surface area contributed by atoms with Crippen molar-refractivity contribution in [2.75, 3.05) is 38.7 Å². The van der Waals surface area contributed by atoms with Crippen molar-refractivity contribution in [3.8, 4) is 0 Å². The Hall–Kier alpha value is 0.210. The third-order valence-corrected chi connectivity index (χ3v) is 2.56. The molecule has 0 aromatic heterocycles. The Kier molecular flexibility index (Phi) is 4.96. The minimum absolute atomic E-state index is 0.738. The first-order valence-corrected chi connectivity index (χ1v) is 5.26. The number of hydrogen-bond donors (Lipinski definition) is 0. The highest BCUT2D eigenvalue weighted by atomic mass is 35.5. The number of ether oxygens (including phenoxy) is 1. The Morgan fingerprint density at radius 3 is 2.92 bits per heavy atom. The van der Waals surface area contributed by atoms with E-state index in [1.165, 1.54) is 6.42 Å². The van der Waals surface area contributed by atoms with Crippen LogP contribution < -0.4 is 0 Å².